The van der Waals surface area contributed by atoms with Crippen LogP contribution in [0.4, 0.5) is 0 Å². The standard InChI is InChI=1S/C16H24N2O4S/c1-3-23(20,21)18-9-7-14(8-10-18)17-16(19)12-13-5-4-6-15(11-13)22-2/h4-6,11,14H,3,7-10,12H2,1-2H3,(H,17,19). The molecule has 1 N–H and O–H groups in total. The van der Waals surface area contributed by atoms with Crippen molar-refractivity contribution < 1.29 is 17.9 Å². The molecule has 128 valence electrons. The van der Waals surface area contributed by atoms with Crippen LogP contribution in [0.25, 0.3) is 0 Å². The fraction of sp³-hybridized carbons (Fsp3) is 0.562. The van der Waals surface area contributed by atoms with E-state index in [-0.39, 0.29) is 17.7 Å². The van der Waals surface area contributed by atoms with Crippen molar-refractivity contribution in [3.05, 3.63) is 29.8 Å². The van der Waals surface area contributed by atoms with Crippen LogP contribution in [0.2, 0.25) is 0 Å². The van der Waals surface area contributed by atoms with Gasteiger partial charge in [0.15, 0.2) is 0 Å². The van der Waals surface area contributed by atoms with E-state index in [0.29, 0.717) is 32.4 Å². The SMILES string of the molecule is CCS(=O)(=O)N1CCC(NC(=O)Cc2cccc(OC)c2)CC1. The van der Waals surface area contributed by atoms with E-state index < -0.39 is 10.0 Å². The number of nitrogens with one attached hydrogen (secondary N) is 1. The largest absolute Gasteiger partial charge is 0.497 e. The summed E-state index contributed by atoms with van der Waals surface area (Å²) in [6, 6.07) is 7.46. The Balaban J connectivity index is 1.83. The number of carbonyl (C=O) groups is 1. The molecule has 1 amide bonds. The van der Waals surface area contributed by atoms with Gasteiger partial charge in [-0.1, -0.05) is 12.1 Å². The van der Waals surface area contributed by atoms with Crippen LogP contribution in [0, 0.1) is 0 Å². The molecule has 1 heterocycles. The second kappa shape index (κ2) is 7.79. The average Bonchev–Trinajstić information content (AvgIpc) is 2.55. The lowest BCUT2D eigenvalue weighted by atomic mass is 10.1. The Bertz CT molecular complexity index is 637. The fourth-order valence-electron chi connectivity index (χ4n) is 2.71. The number of carbonyl (C=O) groups excluding carboxylic acids is 1. The molecule has 0 spiro atoms. The molecule has 1 saturated heterocycles. The third-order valence-corrected chi connectivity index (χ3v) is 5.96. The van der Waals surface area contributed by atoms with E-state index >= 15 is 0 Å². The van der Waals surface area contributed by atoms with Crippen LogP contribution in [0.1, 0.15) is 25.3 Å². The Morgan fingerprint density at radius 2 is 2.04 bits per heavy atom. The predicted molar refractivity (Wildman–Crippen MR) is 88.9 cm³/mol. The molecule has 0 radical (unpaired) electrons. The van der Waals surface area contributed by atoms with Gasteiger partial charge in [0.05, 0.1) is 19.3 Å². The minimum absolute atomic E-state index is 0.0383. The van der Waals surface area contributed by atoms with E-state index in [1.165, 1.54) is 4.31 Å². The Kier molecular flexibility index (Phi) is 6.01. The van der Waals surface area contributed by atoms with Gasteiger partial charge in [0.25, 0.3) is 0 Å². The summed E-state index contributed by atoms with van der Waals surface area (Å²) in [5, 5.41) is 2.99. The number of hydrogen-bond donors (Lipinski definition) is 1. The van der Waals surface area contributed by atoms with Crippen molar-refractivity contribution in [2.75, 3.05) is 26.0 Å². The number of ether oxygens (including phenoxy) is 1. The summed E-state index contributed by atoms with van der Waals surface area (Å²) in [6.07, 6.45) is 1.61. The average molecular weight is 340 g/mol. The van der Waals surface area contributed by atoms with Gasteiger partial charge < -0.3 is 10.1 Å². The zero-order chi connectivity index (χ0) is 16.9. The molecular weight excluding hydrogens is 316 g/mol. The molecule has 7 heteroatoms. The third kappa shape index (κ3) is 4.94. The van der Waals surface area contributed by atoms with Crippen molar-refractivity contribution in [1.29, 1.82) is 0 Å². The molecule has 1 aromatic rings. The number of sulfonamides is 1. The first-order chi connectivity index (χ1) is 10.9. The molecule has 0 aliphatic carbocycles. The summed E-state index contributed by atoms with van der Waals surface area (Å²) in [4.78, 5) is 12.1. The van der Waals surface area contributed by atoms with Gasteiger partial charge in [-0.2, -0.15) is 0 Å². The topological polar surface area (TPSA) is 75.7 Å². The van der Waals surface area contributed by atoms with Crippen LogP contribution in [-0.2, 0) is 21.2 Å². The molecule has 2 rings (SSSR count). The Morgan fingerprint density at radius 3 is 2.65 bits per heavy atom. The van der Waals surface area contributed by atoms with E-state index in [1.54, 1.807) is 14.0 Å². The minimum Gasteiger partial charge on any atom is -0.497 e. The predicted octanol–water partition coefficient (Wildman–Crippen LogP) is 1.17. The lowest BCUT2D eigenvalue weighted by molar-refractivity contribution is -0.121. The van der Waals surface area contributed by atoms with Crippen molar-refractivity contribution in [3.8, 4) is 5.75 Å². The lowest BCUT2D eigenvalue weighted by Gasteiger charge is -2.31. The highest BCUT2D eigenvalue weighted by Gasteiger charge is 2.27. The molecule has 0 atom stereocenters. The maximum Gasteiger partial charge on any atom is 0.224 e. The number of rotatable bonds is 6. The van der Waals surface area contributed by atoms with Crippen molar-refractivity contribution in [2.24, 2.45) is 0 Å². The molecule has 0 saturated carbocycles. The van der Waals surface area contributed by atoms with Gasteiger partial charge in [-0.25, -0.2) is 12.7 Å². The minimum atomic E-state index is -3.12. The van der Waals surface area contributed by atoms with Crippen molar-refractivity contribution in [1.82, 2.24) is 9.62 Å². The number of methoxy groups -OCH3 is 1. The van der Waals surface area contributed by atoms with Gasteiger partial charge in [0, 0.05) is 19.1 Å². The lowest BCUT2D eigenvalue weighted by Crippen LogP contribution is -2.47. The molecule has 0 bridgehead atoms. The third-order valence-electron chi connectivity index (χ3n) is 4.08. The number of hydrogen-bond acceptors (Lipinski definition) is 4. The maximum atomic E-state index is 12.1. The first kappa shape index (κ1) is 17.7. The fourth-order valence-corrected chi connectivity index (χ4v) is 3.84. The summed E-state index contributed by atoms with van der Waals surface area (Å²) in [5.74, 6) is 0.809. The van der Waals surface area contributed by atoms with E-state index in [2.05, 4.69) is 5.32 Å². The van der Waals surface area contributed by atoms with E-state index in [0.717, 1.165) is 11.3 Å². The molecule has 1 aliphatic heterocycles. The smallest absolute Gasteiger partial charge is 0.224 e. The highest BCUT2D eigenvalue weighted by atomic mass is 32.2. The zero-order valence-electron chi connectivity index (χ0n) is 13.6. The Labute approximate surface area is 137 Å². The summed E-state index contributed by atoms with van der Waals surface area (Å²) >= 11 is 0. The first-order valence-electron chi connectivity index (χ1n) is 7.84. The summed E-state index contributed by atoms with van der Waals surface area (Å²) in [7, 11) is -1.53. The molecule has 0 aromatic heterocycles. The highest BCUT2D eigenvalue weighted by Crippen LogP contribution is 2.16. The molecule has 23 heavy (non-hydrogen) atoms. The molecule has 1 aromatic carbocycles. The normalized spacial score (nSPS) is 17.0. The summed E-state index contributed by atoms with van der Waals surface area (Å²) < 4.78 is 30.3. The summed E-state index contributed by atoms with van der Waals surface area (Å²) in [5.41, 5.74) is 0.896. The number of piperidine rings is 1. The second-order valence-electron chi connectivity index (χ2n) is 5.67. The number of amides is 1. The molecule has 6 nitrogen and oxygen atoms in total. The van der Waals surface area contributed by atoms with Crippen molar-refractivity contribution >= 4 is 15.9 Å². The molecule has 1 aliphatic rings. The molecule has 0 unspecified atom stereocenters. The van der Waals surface area contributed by atoms with Gasteiger partial charge in [0.2, 0.25) is 15.9 Å². The van der Waals surface area contributed by atoms with Crippen LogP contribution in [0.5, 0.6) is 5.75 Å². The highest BCUT2D eigenvalue weighted by molar-refractivity contribution is 7.89. The Morgan fingerprint density at radius 1 is 1.35 bits per heavy atom. The molecule has 1 fully saturated rings. The first-order valence-corrected chi connectivity index (χ1v) is 9.45. The van der Waals surface area contributed by atoms with Crippen molar-refractivity contribution in [2.45, 2.75) is 32.2 Å². The van der Waals surface area contributed by atoms with Crippen LogP contribution in [0.15, 0.2) is 24.3 Å². The van der Waals surface area contributed by atoms with Gasteiger partial charge in [-0.15, -0.1) is 0 Å². The number of nitrogens with zero attached hydrogens (tertiary/aromatic N) is 1. The molecular formula is C16H24N2O4S. The van der Waals surface area contributed by atoms with Crippen LogP contribution >= 0.6 is 0 Å². The zero-order valence-corrected chi connectivity index (χ0v) is 14.4. The quantitative estimate of drug-likeness (QED) is 0.843. The van der Waals surface area contributed by atoms with Gasteiger partial charge in [-0.05, 0) is 37.5 Å². The monoisotopic (exact) mass is 340 g/mol. The van der Waals surface area contributed by atoms with E-state index in [4.69, 9.17) is 4.74 Å². The van der Waals surface area contributed by atoms with Gasteiger partial charge in [-0.3, -0.25) is 4.79 Å². The van der Waals surface area contributed by atoms with Crippen LogP contribution in [-0.4, -0.2) is 50.6 Å². The van der Waals surface area contributed by atoms with E-state index in [9.17, 15) is 13.2 Å². The van der Waals surface area contributed by atoms with Gasteiger partial charge in [0.1, 0.15) is 5.75 Å². The number of benzene rings is 1. The van der Waals surface area contributed by atoms with Crippen molar-refractivity contribution in [3.63, 3.8) is 0 Å². The van der Waals surface area contributed by atoms with Crippen LogP contribution < -0.4 is 10.1 Å². The van der Waals surface area contributed by atoms with Gasteiger partial charge >= 0.3 is 0 Å². The maximum absolute atomic E-state index is 12.1. The second-order valence-corrected chi connectivity index (χ2v) is 7.93. The summed E-state index contributed by atoms with van der Waals surface area (Å²) in [6.45, 7) is 2.60. The Hall–Kier alpha value is -1.60. The van der Waals surface area contributed by atoms with Crippen LogP contribution in [0.3, 0.4) is 0 Å². The van der Waals surface area contributed by atoms with E-state index in [1.807, 2.05) is 24.3 Å².